The van der Waals surface area contributed by atoms with E-state index in [0.29, 0.717) is 0 Å². The highest BCUT2D eigenvalue weighted by Gasteiger charge is 2.38. The normalized spacial score (nSPS) is 13.9. The molecule has 7 rings (SSSR count). The van der Waals surface area contributed by atoms with Gasteiger partial charge in [0.1, 0.15) is 13.1 Å². The quantitative estimate of drug-likeness (QED) is 0.0531. The summed E-state index contributed by atoms with van der Waals surface area (Å²) in [5.74, 6) is 0. The topological polar surface area (TPSA) is 0 Å². The van der Waals surface area contributed by atoms with Crippen molar-refractivity contribution in [1.29, 1.82) is 0 Å². The molecule has 0 aliphatic carbocycles. The van der Waals surface area contributed by atoms with Gasteiger partial charge in [-0.2, -0.15) is 0 Å². The molecule has 0 atom stereocenters. The molecule has 0 spiro atoms. The molecule has 0 saturated heterocycles. The molecule has 0 saturated carbocycles. The zero-order valence-electron chi connectivity index (χ0n) is 41.0. The van der Waals surface area contributed by atoms with Crippen molar-refractivity contribution in [1.82, 2.24) is 0 Å². The van der Waals surface area contributed by atoms with Gasteiger partial charge in [-0.3, -0.25) is 0 Å². The molecule has 6 aromatic rings. The van der Waals surface area contributed by atoms with Crippen LogP contribution in [0.5, 0.6) is 0 Å². The number of hydrogen-bond donors (Lipinski definition) is 0. The van der Waals surface area contributed by atoms with Gasteiger partial charge in [0.25, 0.3) is 0 Å². The number of nitrogens with zero attached hydrogens (tertiary/aromatic N) is 1. The van der Waals surface area contributed by atoms with Crippen LogP contribution < -0.4 is 0 Å². The average molecular weight is 841 g/mol. The Labute approximate surface area is 384 Å². The maximum absolute atomic E-state index is 2.56. The smallest absolute Gasteiger partial charge is 0.106 e. The van der Waals surface area contributed by atoms with Crippen LogP contribution in [0.2, 0.25) is 0 Å². The number of quaternary nitrogens is 1. The van der Waals surface area contributed by atoms with Gasteiger partial charge >= 0.3 is 0 Å². The van der Waals surface area contributed by atoms with Crippen molar-refractivity contribution in [2.45, 2.75) is 182 Å². The van der Waals surface area contributed by atoms with Crippen molar-refractivity contribution in [2.24, 2.45) is 0 Å². The first-order valence-corrected chi connectivity index (χ1v) is 25.6. The Morgan fingerprint density at radius 2 is 0.730 bits per heavy atom. The van der Waals surface area contributed by atoms with E-state index in [1.165, 1.54) is 182 Å². The van der Waals surface area contributed by atoms with Gasteiger partial charge < -0.3 is 4.48 Å². The van der Waals surface area contributed by atoms with E-state index >= 15 is 0 Å². The number of hydrogen-bond acceptors (Lipinski definition) is 0. The van der Waals surface area contributed by atoms with Crippen molar-refractivity contribution in [3.8, 4) is 33.4 Å². The lowest BCUT2D eigenvalue weighted by molar-refractivity contribution is -0.953. The molecule has 1 aliphatic rings. The first kappa shape index (κ1) is 46.8. The van der Waals surface area contributed by atoms with Crippen molar-refractivity contribution < 1.29 is 4.48 Å². The van der Waals surface area contributed by atoms with Crippen LogP contribution in [0.3, 0.4) is 0 Å². The van der Waals surface area contributed by atoms with Crippen LogP contribution in [0.1, 0.15) is 180 Å². The van der Waals surface area contributed by atoms with E-state index in [4.69, 9.17) is 0 Å². The zero-order valence-corrected chi connectivity index (χ0v) is 41.0. The lowest BCUT2D eigenvalue weighted by Crippen LogP contribution is -2.47. The first-order chi connectivity index (χ1) is 30.4. The monoisotopic (exact) mass is 841 g/mol. The maximum Gasteiger partial charge on any atom is 0.106 e. The van der Waals surface area contributed by atoms with Crippen molar-refractivity contribution >= 4 is 21.5 Å². The van der Waals surface area contributed by atoms with E-state index in [1.807, 2.05) is 0 Å². The fourth-order valence-electron chi connectivity index (χ4n) is 10.8. The molecule has 6 aromatic carbocycles. The summed E-state index contributed by atoms with van der Waals surface area (Å²) in [7, 11) is 0. The van der Waals surface area contributed by atoms with E-state index in [1.54, 1.807) is 11.1 Å². The summed E-state index contributed by atoms with van der Waals surface area (Å²) in [5, 5.41) is 5.47. The minimum Gasteiger partial charge on any atom is -0.316 e. The molecule has 0 unspecified atom stereocenters. The Balaban J connectivity index is 1.45. The minimum atomic E-state index is 0.107. The third kappa shape index (κ3) is 11.4. The zero-order chi connectivity index (χ0) is 44.5. The molecule has 63 heavy (non-hydrogen) atoms. The van der Waals surface area contributed by atoms with Gasteiger partial charge in [-0.25, -0.2) is 0 Å². The number of rotatable bonds is 20. The maximum atomic E-state index is 2.56. The Kier molecular flexibility index (Phi) is 15.7. The van der Waals surface area contributed by atoms with Crippen LogP contribution in [0.25, 0.3) is 54.9 Å². The van der Waals surface area contributed by atoms with E-state index in [9.17, 15) is 0 Å². The molecule has 334 valence electrons. The Morgan fingerprint density at radius 3 is 1.08 bits per heavy atom. The molecule has 0 amide bonds. The van der Waals surface area contributed by atoms with Crippen LogP contribution >= 0.6 is 0 Å². The van der Waals surface area contributed by atoms with Gasteiger partial charge in [0.05, 0.1) is 13.1 Å². The fraction of sp³-hybridized carbons (Fsp3) is 0.484. The molecule has 0 radical (unpaired) electrons. The molecule has 0 bridgehead atoms. The van der Waals surface area contributed by atoms with Gasteiger partial charge in [-0.15, -0.1) is 0 Å². The minimum absolute atomic E-state index is 0.107. The second-order valence-electron chi connectivity index (χ2n) is 21.7. The SMILES string of the molecule is CCCCCCCCCC[N+]1(CCCCCCCCCC)Cc2c(-c3ccc(C(C)(C)C)cc3)cc3ccccc3c2-c2c(c(-c3ccc(C(C)(C)C)cc3)cc3ccccc23)C1. The van der Waals surface area contributed by atoms with E-state index in [2.05, 4.69) is 165 Å². The second-order valence-corrected chi connectivity index (χ2v) is 21.7. The summed E-state index contributed by atoms with van der Waals surface area (Å²) >= 11 is 0. The highest BCUT2D eigenvalue weighted by molar-refractivity contribution is 6.12. The van der Waals surface area contributed by atoms with Crippen molar-refractivity contribution in [3.63, 3.8) is 0 Å². The summed E-state index contributed by atoms with van der Waals surface area (Å²) in [6.45, 7) is 23.3. The van der Waals surface area contributed by atoms with Gasteiger partial charge in [0.2, 0.25) is 0 Å². The van der Waals surface area contributed by atoms with Gasteiger partial charge in [-0.05, 0) is 104 Å². The predicted octanol–water partition coefficient (Wildman–Crippen LogP) is 18.7. The predicted molar refractivity (Wildman–Crippen MR) is 278 cm³/mol. The van der Waals surface area contributed by atoms with Crippen LogP contribution in [0.15, 0.2) is 109 Å². The molecule has 0 N–H and O–H groups in total. The molecular formula is C62H82N+. The first-order valence-electron chi connectivity index (χ1n) is 25.6. The fourth-order valence-corrected chi connectivity index (χ4v) is 10.8. The van der Waals surface area contributed by atoms with Crippen LogP contribution in [-0.2, 0) is 23.9 Å². The van der Waals surface area contributed by atoms with E-state index in [-0.39, 0.29) is 10.8 Å². The Hall–Kier alpha value is -4.20. The third-order valence-corrected chi connectivity index (χ3v) is 14.6. The van der Waals surface area contributed by atoms with Gasteiger partial charge in [0.15, 0.2) is 0 Å². The van der Waals surface area contributed by atoms with Gasteiger partial charge in [-0.1, -0.05) is 230 Å². The van der Waals surface area contributed by atoms with E-state index < -0.39 is 0 Å². The molecule has 0 aromatic heterocycles. The summed E-state index contributed by atoms with van der Waals surface area (Å²) in [6, 6.07) is 43.1. The molecular weight excluding hydrogens is 759 g/mol. The third-order valence-electron chi connectivity index (χ3n) is 14.6. The number of benzene rings is 6. The van der Waals surface area contributed by atoms with Crippen LogP contribution in [0, 0.1) is 0 Å². The van der Waals surface area contributed by atoms with Crippen molar-refractivity contribution in [3.05, 3.63) is 131 Å². The van der Waals surface area contributed by atoms with E-state index in [0.717, 1.165) is 17.6 Å². The van der Waals surface area contributed by atoms with Crippen LogP contribution in [-0.4, -0.2) is 17.6 Å². The average Bonchev–Trinajstić information content (AvgIpc) is 3.43. The lowest BCUT2D eigenvalue weighted by Gasteiger charge is -2.39. The summed E-state index contributed by atoms with van der Waals surface area (Å²) < 4.78 is 1.13. The molecule has 1 nitrogen and oxygen atoms in total. The summed E-state index contributed by atoms with van der Waals surface area (Å²) in [4.78, 5) is 0. The highest BCUT2D eigenvalue weighted by atomic mass is 15.3. The summed E-state index contributed by atoms with van der Waals surface area (Å²) in [5.41, 5.74) is 14.6. The molecule has 0 fully saturated rings. The standard InChI is InChI=1S/C62H82N/c1-9-11-13-15-17-19-21-27-41-63(42-28-22-20-18-16-14-12-10-2)45-57-55(47-33-37-51(38-34-47)61(3,4)5)43-49-29-23-25-31-53(49)59(57)60-54-32-26-24-30-50(54)44-56(58(60)46-63)48-35-39-52(40-36-48)62(6,7)8/h23-26,29-40,43-44H,9-22,27-28,41-42,45-46H2,1-8H3/q+1. The Bertz CT molecular complexity index is 2210. The molecule has 1 heteroatoms. The van der Waals surface area contributed by atoms with Crippen molar-refractivity contribution in [2.75, 3.05) is 13.1 Å². The van der Waals surface area contributed by atoms with Gasteiger partial charge in [0, 0.05) is 22.3 Å². The van der Waals surface area contributed by atoms with Crippen LogP contribution in [0.4, 0.5) is 0 Å². The largest absolute Gasteiger partial charge is 0.316 e. The number of fused-ring (bicyclic) bond motifs is 7. The Morgan fingerprint density at radius 1 is 0.397 bits per heavy atom. The number of unbranched alkanes of at least 4 members (excludes halogenated alkanes) is 14. The summed E-state index contributed by atoms with van der Waals surface area (Å²) in [6.07, 6.45) is 21.7. The lowest BCUT2D eigenvalue weighted by atomic mass is 9.81. The second kappa shape index (κ2) is 21.2. The molecule has 1 aliphatic heterocycles. The highest BCUT2D eigenvalue weighted by Crippen LogP contribution is 2.50. The molecule has 1 heterocycles.